The number of nitrogens with one attached hydrogen (secondary N) is 1. The monoisotopic (exact) mass is 376 g/mol. The summed E-state index contributed by atoms with van der Waals surface area (Å²) in [5.74, 6) is 0.174. The smallest absolute Gasteiger partial charge is 0.318 e. The molecule has 1 rings (SSSR count). The number of carbonyl (C=O) groups excluding carboxylic acids is 1. The highest BCUT2D eigenvalue weighted by atomic mass is 35.5. The second kappa shape index (κ2) is 8.58. The Bertz CT molecular complexity index is 677. The molecule has 136 valence electrons. The molecule has 0 aliphatic carbocycles. The second-order valence-corrected chi connectivity index (χ2v) is 8.04. The van der Waals surface area contributed by atoms with E-state index in [1.54, 1.807) is 17.0 Å². The van der Waals surface area contributed by atoms with Gasteiger partial charge in [-0.15, -0.1) is 0 Å². The van der Waals surface area contributed by atoms with Crippen LogP contribution in [0.5, 0.6) is 5.75 Å². The van der Waals surface area contributed by atoms with Crippen LogP contribution in [0.2, 0.25) is 5.02 Å². The molecule has 1 N–H and O–H groups in total. The van der Waals surface area contributed by atoms with Gasteiger partial charge in [-0.25, -0.2) is 4.79 Å². The number of hydrogen-bond acceptors (Lipinski definition) is 4. The molecular weight excluding hydrogens is 352 g/mol. The highest BCUT2D eigenvalue weighted by molar-refractivity contribution is 7.86. The quantitative estimate of drug-likeness (QED) is 0.740. The molecule has 0 fully saturated rings. The van der Waals surface area contributed by atoms with Crippen molar-refractivity contribution in [1.82, 2.24) is 10.2 Å². The van der Waals surface area contributed by atoms with E-state index in [1.807, 2.05) is 27.7 Å². The molecule has 0 bridgehead atoms. The maximum atomic E-state index is 12.5. The Kier molecular flexibility index (Phi) is 7.35. The Morgan fingerprint density at radius 1 is 1.33 bits per heavy atom. The van der Waals surface area contributed by atoms with Crippen LogP contribution in [-0.4, -0.2) is 37.7 Å². The van der Waals surface area contributed by atoms with Crippen molar-refractivity contribution in [2.45, 2.75) is 52.7 Å². The first kappa shape index (κ1) is 20.6. The molecular formula is C16H25ClN2O4S. The zero-order valence-corrected chi connectivity index (χ0v) is 16.2. The van der Waals surface area contributed by atoms with Crippen molar-refractivity contribution in [3.05, 3.63) is 28.8 Å². The Labute approximate surface area is 149 Å². The van der Waals surface area contributed by atoms with Gasteiger partial charge in [-0.2, -0.15) is 8.42 Å². The van der Waals surface area contributed by atoms with Crippen molar-refractivity contribution in [1.29, 1.82) is 0 Å². The van der Waals surface area contributed by atoms with Gasteiger partial charge in [0, 0.05) is 22.7 Å². The first-order valence-electron chi connectivity index (χ1n) is 7.78. The Morgan fingerprint density at radius 3 is 2.46 bits per heavy atom. The molecule has 0 aromatic heterocycles. The summed E-state index contributed by atoms with van der Waals surface area (Å²) in [5.41, 5.74) is 0.534. The standard InChI is InChI=1S/C16H25ClN2O4S/c1-6-12(4)19(16(20)18-11(2)3)10-13-9-14(17)7-8-15(13)23-24(5,21)22/h7-9,11-12H,6,10H2,1-5H3,(H,18,20)/t12-/m1/s1. The second-order valence-electron chi connectivity index (χ2n) is 6.03. The lowest BCUT2D eigenvalue weighted by Crippen LogP contribution is -2.46. The molecule has 1 atom stereocenters. The van der Waals surface area contributed by atoms with Crippen LogP contribution in [0.1, 0.15) is 39.7 Å². The van der Waals surface area contributed by atoms with Crippen LogP contribution in [0.3, 0.4) is 0 Å². The van der Waals surface area contributed by atoms with Crippen LogP contribution in [0.15, 0.2) is 18.2 Å². The molecule has 0 radical (unpaired) electrons. The predicted molar refractivity (Wildman–Crippen MR) is 95.9 cm³/mol. The summed E-state index contributed by atoms with van der Waals surface area (Å²) >= 11 is 6.02. The number of nitrogens with zero attached hydrogens (tertiary/aromatic N) is 1. The number of urea groups is 1. The summed E-state index contributed by atoms with van der Waals surface area (Å²) in [7, 11) is -3.68. The summed E-state index contributed by atoms with van der Waals surface area (Å²) in [5, 5.41) is 3.30. The molecule has 1 aromatic carbocycles. The lowest BCUT2D eigenvalue weighted by atomic mass is 10.1. The molecule has 0 heterocycles. The van der Waals surface area contributed by atoms with E-state index in [4.69, 9.17) is 15.8 Å². The third-order valence-corrected chi connectivity index (χ3v) is 4.12. The summed E-state index contributed by atoms with van der Waals surface area (Å²) in [6, 6.07) is 4.40. The molecule has 8 heteroatoms. The molecule has 6 nitrogen and oxygen atoms in total. The van der Waals surface area contributed by atoms with Gasteiger partial charge in [0.15, 0.2) is 0 Å². The van der Waals surface area contributed by atoms with E-state index in [9.17, 15) is 13.2 Å². The molecule has 0 aliphatic rings. The van der Waals surface area contributed by atoms with Gasteiger partial charge in [0.25, 0.3) is 0 Å². The zero-order valence-electron chi connectivity index (χ0n) is 14.7. The molecule has 0 unspecified atom stereocenters. The van der Waals surface area contributed by atoms with Gasteiger partial charge < -0.3 is 14.4 Å². The number of rotatable bonds is 7. The number of hydrogen-bond donors (Lipinski definition) is 1. The molecule has 0 saturated carbocycles. The van der Waals surface area contributed by atoms with Gasteiger partial charge in [-0.1, -0.05) is 18.5 Å². The van der Waals surface area contributed by atoms with Crippen molar-refractivity contribution >= 4 is 27.8 Å². The van der Waals surface area contributed by atoms with E-state index in [1.165, 1.54) is 6.07 Å². The first-order chi connectivity index (χ1) is 11.0. The van der Waals surface area contributed by atoms with Gasteiger partial charge >= 0.3 is 16.1 Å². The third kappa shape index (κ3) is 6.57. The summed E-state index contributed by atoms with van der Waals surface area (Å²) in [6.45, 7) is 7.86. The summed E-state index contributed by atoms with van der Waals surface area (Å²) in [6.07, 6.45) is 1.73. The largest absolute Gasteiger partial charge is 0.382 e. The fourth-order valence-corrected chi connectivity index (χ4v) is 2.76. The molecule has 24 heavy (non-hydrogen) atoms. The van der Waals surface area contributed by atoms with E-state index in [0.29, 0.717) is 10.6 Å². The fraction of sp³-hybridized carbons (Fsp3) is 0.562. The minimum absolute atomic E-state index is 0.00448. The molecule has 0 saturated heterocycles. The minimum Gasteiger partial charge on any atom is -0.382 e. The Hall–Kier alpha value is -1.47. The maximum Gasteiger partial charge on any atom is 0.318 e. The molecule has 2 amide bonds. The zero-order chi connectivity index (χ0) is 18.5. The summed E-state index contributed by atoms with van der Waals surface area (Å²) in [4.78, 5) is 14.1. The SMILES string of the molecule is CC[C@@H](C)N(Cc1cc(Cl)ccc1OS(C)(=O)=O)C(=O)NC(C)C. The average molecular weight is 377 g/mol. The lowest BCUT2D eigenvalue weighted by molar-refractivity contribution is 0.170. The highest BCUT2D eigenvalue weighted by Gasteiger charge is 2.22. The number of carbonyl (C=O) groups is 1. The van der Waals surface area contributed by atoms with Crippen LogP contribution in [0, 0.1) is 0 Å². The van der Waals surface area contributed by atoms with Crippen LogP contribution in [0.25, 0.3) is 0 Å². The summed E-state index contributed by atoms with van der Waals surface area (Å²) < 4.78 is 27.9. The van der Waals surface area contributed by atoms with Gasteiger partial charge in [0.1, 0.15) is 5.75 Å². The van der Waals surface area contributed by atoms with Crippen LogP contribution >= 0.6 is 11.6 Å². The van der Waals surface area contributed by atoms with Crippen molar-refractivity contribution in [2.24, 2.45) is 0 Å². The van der Waals surface area contributed by atoms with E-state index < -0.39 is 10.1 Å². The Balaban J connectivity index is 3.17. The molecule has 0 spiro atoms. The normalized spacial score (nSPS) is 12.8. The third-order valence-electron chi connectivity index (χ3n) is 3.40. The predicted octanol–water partition coefficient (Wildman–Crippen LogP) is 3.40. The Morgan fingerprint density at radius 2 is 1.96 bits per heavy atom. The van der Waals surface area contributed by atoms with Crippen LogP contribution in [-0.2, 0) is 16.7 Å². The van der Waals surface area contributed by atoms with Gasteiger partial charge in [0.05, 0.1) is 12.8 Å². The number of benzene rings is 1. The highest BCUT2D eigenvalue weighted by Crippen LogP contribution is 2.26. The molecule has 1 aromatic rings. The van der Waals surface area contributed by atoms with Crippen LogP contribution < -0.4 is 9.50 Å². The number of halogens is 1. The van der Waals surface area contributed by atoms with E-state index in [2.05, 4.69) is 5.32 Å². The average Bonchev–Trinajstić information content (AvgIpc) is 2.44. The van der Waals surface area contributed by atoms with E-state index in [-0.39, 0.29) is 30.4 Å². The lowest BCUT2D eigenvalue weighted by Gasteiger charge is -2.30. The van der Waals surface area contributed by atoms with Crippen molar-refractivity contribution in [3.8, 4) is 5.75 Å². The van der Waals surface area contributed by atoms with E-state index in [0.717, 1.165) is 12.7 Å². The van der Waals surface area contributed by atoms with Gasteiger partial charge in [-0.05, 0) is 45.4 Å². The minimum atomic E-state index is -3.68. The van der Waals surface area contributed by atoms with Crippen molar-refractivity contribution in [2.75, 3.05) is 6.26 Å². The van der Waals surface area contributed by atoms with Crippen LogP contribution in [0.4, 0.5) is 4.79 Å². The van der Waals surface area contributed by atoms with Crippen molar-refractivity contribution in [3.63, 3.8) is 0 Å². The van der Waals surface area contributed by atoms with Crippen molar-refractivity contribution < 1.29 is 17.4 Å². The van der Waals surface area contributed by atoms with Gasteiger partial charge in [-0.3, -0.25) is 0 Å². The first-order valence-corrected chi connectivity index (χ1v) is 9.98. The van der Waals surface area contributed by atoms with E-state index >= 15 is 0 Å². The maximum absolute atomic E-state index is 12.5. The fourth-order valence-electron chi connectivity index (χ4n) is 2.08. The van der Waals surface area contributed by atoms with Gasteiger partial charge in [0.2, 0.25) is 0 Å². The number of amides is 2. The topological polar surface area (TPSA) is 75.7 Å². The molecule has 0 aliphatic heterocycles.